The Hall–Kier alpha value is -3.29. The normalized spacial score (nSPS) is 11.7. The van der Waals surface area contributed by atoms with Gasteiger partial charge in [-0.05, 0) is 30.2 Å². The SMILES string of the molecule is COc1ccccc1NC(=O)C(Cc1cccnc1)c1nn[nH]n1. The molecule has 1 unspecified atom stereocenters. The highest BCUT2D eigenvalue weighted by Crippen LogP contribution is 2.26. The van der Waals surface area contributed by atoms with Crippen LogP contribution in [0.1, 0.15) is 17.3 Å². The van der Waals surface area contributed by atoms with Gasteiger partial charge in [0.25, 0.3) is 0 Å². The zero-order chi connectivity index (χ0) is 16.8. The summed E-state index contributed by atoms with van der Waals surface area (Å²) < 4.78 is 5.26. The van der Waals surface area contributed by atoms with Gasteiger partial charge in [-0.3, -0.25) is 9.78 Å². The number of carbonyl (C=O) groups is 1. The van der Waals surface area contributed by atoms with E-state index in [9.17, 15) is 4.79 Å². The van der Waals surface area contributed by atoms with Crippen LogP contribution in [0, 0.1) is 0 Å². The number of aromatic amines is 1. The first-order chi connectivity index (χ1) is 11.8. The number of methoxy groups -OCH3 is 1. The van der Waals surface area contributed by atoms with Crippen molar-refractivity contribution in [1.82, 2.24) is 25.6 Å². The topological polar surface area (TPSA) is 106 Å². The third kappa shape index (κ3) is 3.54. The smallest absolute Gasteiger partial charge is 0.235 e. The number of hydrogen-bond acceptors (Lipinski definition) is 6. The first-order valence-electron chi connectivity index (χ1n) is 7.34. The summed E-state index contributed by atoms with van der Waals surface area (Å²) in [5.74, 6) is 0.0629. The molecule has 1 atom stereocenters. The van der Waals surface area contributed by atoms with Crippen LogP contribution in [0.15, 0.2) is 48.8 Å². The maximum atomic E-state index is 12.8. The molecule has 2 N–H and O–H groups in total. The number of hydrogen-bond donors (Lipinski definition) is 2. The predicted octanol–water partition coefficient (Wildman–Crippen LogP) is 1.57. The molecule has 3 aromatic rings. The predicted molar refractivity (Wildman–Crippen MR) is 86.5 cm³/mol. The minimum absolute atomic E-state index is 0.246. The van der Waals surface area contributed by atoms with Gasteiger partial charge in [-0.15, -0.1) is 10.2 Å². The summed E-state index contributed by atoms with van der Waals surface area (Å²) in [5.41, 5.74) is 1.49. The second kappa shape index (κ2) is 7.32. The molecule has 24 heavy (non-hydrogen) atoms. The Bertz CT molecular complexity index is 791. The van der Waals surface area contributed by atoms with Crippen molar-refractivity contribution in [2.45, 2.75) is 12.3 Å². The molecule has 122 valence electrons. The molecule has 0 aliphatic carbocycles. The number of aromatic nitrogens is 5. The number of pyridine rings is 1. The number of benzene rings is 1. The van der Waals surface area contributed by atoms with Crippen molar-refractivity contribution in [2.75, 3.05) is 12.4 Å². The second-order valence-electron chi connectivity index (χ2n) is 5.08. The van der Waals surface area contributed by atoms with E-state index >= 15 is 0 Å². The van der Waals surface area contributed by atoms with Crippen LogP contribution in [0.2, 0.25) is 0 Å². The van der Waals surface area contributed by atoms with E-state index < -0.39 is 5.92 Å². The van der Waals surface area contributed by atoms with Crippen molar-refractivity contribution in [2.24, 2.45) is 0 Å². The van der Waals surface area contributed by atoms with E-state index in [2.05, 4.69) is 30.9 Å². The molecule has 1 aromatic carbocycles. The van der Waals surface area contributed by atoms with Gasteiger partial charge in [0.05, 0.1) is 12.8 Å². The number of nitrogens with zero attached hydrogens (tertiary/aromatic N) is 4. The van der Waals surface area contributed by atoms with Gasteiger partial charge in [-0.1, -0.05) is 23.4 Å². The number of tetrazole rings is 1. The Labute approximate surface area is 138 Å². The van der Waals surface area contributed by atoms with Crippen molar-refractivity contribution >= 4 is 11.6 Å². The van der Waals surface area contributed by atoms with Gasteiger partial charge in [-0.25, -0.2) is 0 Å². The van der Waals surface area contributed by atoms with Crippen LogP contribution in [-0.4, -0.2) is 38.6 Å². The first-order valence-corrected chi connectivity index (χ1v) is 7.34. The summed E-state index contributed by atoms with van der Waals surface area (Å²) in [5, 5.41) is 16.7. The average molecular weight is 324 g/mol. The minimum atomic E-state index is -0.599. The number of para-hydroxylation sites is 2. The van der Waals surface area contributed by atoms with Gasteiger partial charge in [0.2, 0.25) is 5.91 Å². The number of ether oxygens (including phenoxy) is 1. The molecule has 0 fully saturated rings. The van der Waals surface area contributed by atoms with Gasteiger partial charge in [-0.2, -0.15) is 5.21 Å². The van der Waals surface area contributed by atoms with E-state index in [-0.39, 0.29) is 5.91 Å². The fourth-order valence-electron chi connectivity index (χ4n) is 2.34. The summed E-state index contributed by atoms with van der Waals surface area (Å²) >= 11 is 0. The Morgan fingerprint density at radius 1 is 1.29 bits per heavy atom. The second-order valence-corrected chi connectivity index (χ2v) is 5.08. The molecule has 2 aromatic heterocycles. The van der Waals surface area contributed by atoms with Gasteiger partial charge in [0.1, 0.15) is 11.7 Å². The molecule has 0 bridgehead atoms. The molecule has 0 saturated carbocycles. The number of H-pyrrole nitrogens is 1. The van der Waals surface area contributed by atoms with Crippen LogP contribution in [0.5, 0.6) is 5.75 Å². The van der Waals surface area contributed by atoms with Crippen molar-refractivity contribution in [3.8, 4) is 5.75 Å². The van der Waals surface area contributed by atoms with Crippen LogP contribution in [0.25, 0.3) is 0 Å². The lowest BCUT2D eigenvalue weighted by Crippen LogP contribution is -2.24. The van der Waals surface area contributed by atoms with Crippen molar-refractivity contribution in [3.05, 3.63) is 60.2 Å². The lowest BCUT2D eigenvalue weighted by molar-refractivity contribution is -0.117. The molecular formula is C16H16N6O2. The zero-order valence-corrected chi connectivity index (χ0v) is 13.0. The number of anilines is 1. The Kier molecular flexibility index (Phi) is 4.76. The monoisotopic (exact) mass is 324 g/mol. The maximum Gasteiger partial charge on any atom is 0.235 e. The summed E-state index contributed by atoms with van der Waals surface area (Å²) in [4.78, 5) is 16.8. The maximum absolute atomic E-state index is 12.8. The van der Waals surface area contributed by atoms with E-state index in [0.717, 1.165) is 5.56 Å². The van der Waals surface area contributed by atoms with Crippen LogP contribution >= 0.6 is 0 Å². The third-order valence-electron chi connectivity index (χ3n) is 3.52. The molecular weight excluding hydrogens is 308 g/mol. The van der Waals surface area contributed by atoms with Crippen molar-refractivity contribution in [3.63, 3.8) is 0 Å². The average Bonchev–Trinajstić information content (AvgIpc) is 3.15. The van der Waals surface area contributed by atoms with Crippen molar-refractivity contribution in [1.29, 1.82) is 0 Å². The minimum Gasteiger partial charge on any atom is -0.495 e. The quantitative estimate of drug-likeness (QED) is 0.713. The lowest BCUT2D eigenvalue weighted by Gasteiger charge is -2.15. The highest BCUT2D eigenvalue weighted by molar-refractivity contribution is 5.96. The summed E-state index contributed by atoms with van der Waals surface area (Å²) in [6.45, 7) is 0. The van der Waals surface area contributed by atoms with E-state index in [1.807, 2.05) is 24.3 Å². The van der Waals surface area contributed by atoms with Crippen LogP contribution in [0.3, 0.4) is 0 Å². The Morgan fingerprint density at radius 2 is 2.17 bits per heavy atom. The zero-order valence-electron chi connectivity index (χ0n) is 13.0. The number of amides is 1. The van der Waals surface area contributed by atoms with Crippen LogP contribution < -0.4 is 10.1 Å². The van der Waals surface area contributed by atoms with E-state index in [1.54, 1.807) is 31.6 Å². The number of carbonyl (C=O) groups excluding carboxylic acids is 1. The van der Waals surface area contributed by atoms with Crippen LogP contribution in [-0.2, 0) is 11.2 Å². The van der Waals surface area contributed by atoms with Gasteiger partial charge in [0.15, 0.2) is 5.82 Å². The van der Waals surface area contributed by atoms with Crippen LogP contribution in [0.4, 0.5) is 5.69 Å². The Morgan fingerprint density at radius 3 is 2.88 bits per heavy atom. The number of nitrogens with one attached hydrogen (secondary N) is 2. The van der Waals surface area contributed by atoms with Gasteiger partial charge >= 0.3 is 0 Å². The third-order valence-corrected chi connectivity index (χ3v) is 3.52. The highest BCUT2D eigenvalue weighted by Gasteiger charge is 2.26. The fraction of sp³-hybridized carbons (Fsp3) is 0.188. The summed E-state index contributed by atoms with van der Waals surface area (Å²) in [6, 6.07) is 10.9. The first kappa shape index (κ1) is 15.6. The molecule has 0 aliphatic rings. The van der Waals surface area contributed by atoms with Gasteiger partial charge in [0, 0.05) is 12.4 Å². The molecule has 8 nitrogen and oxygen atoms in total. The lowest BCUT2D eigenvalue weighted by atomic mass is 9.98. The largest absolute Gasteiger partial charge is 0.495 e. The fourth-order valence-corrected chi connectivity index (χ4v) is 2.34. The molecule has 2 heterocycles. The van der Waals surface area contributed by atoms with Gasteiger partial charge < -0.3 is 10.1 Å². The van der Waals surface area contributed by atoms with E-state index in [0.29, 0.717) is 23.7 Å². The molecule has 8 heteroatoms. The van der Waals surface area contributed by atoms with E-state index in [1.165, 1.54) is 0 Å². The summed E-state index contributed by atoms with van der Waals surface area (Å²) in [7, 11) is 1.55. The molecule has 0 aliphatic heterocycles. The summed E-state index contributed by atoms with van der Waals surface area (Å²) in [6.07, 6.45) is 3.81. The van der Waals surface area contributed by atoms with Crippen molar-refractivity contribution < 1.29 is 9.53 Å². The standard InChI is InChI=1S/C16H16N6O2/c1-24-14-7-3-2-6-13(14)18-16(23)12(15-19-21-22-20-15)9-11-5-4-8-17-10-11/h2-8,10,12H,9H2,1H3,(H,18,23)(H,19,20,21,22). The molecule has 0 radical (unpaired) electrons. The van der Waals surface area contributed by atoms with E-state index in [4.69, 9.17) is 4.74 Å². The molecule has 0 saturated heterocycles. The molecule has 3 rings (SSSR count). The Balaban J connectivity index is 1.84. The number of rotatable bonds is 6. The molecule has 1 amide bonds. The highest BCUT2D eigenvalue weighted by atomic mass is 16.5. The molecule has 0 spiro atoms.